The van der Waals surface area contributed by atoms with Gasteiger partial charge in [0, 0.05) is 6.08 Å². The summed E-state index contributed by atoms with van der Waals surface area (Å²) < 4.78 is 10.6. The first-order chi connectivity index (χ1) is 10.2. The van der Waals surface area contributed by atoms with E-state index in [2.05, 4.69) is 0 Å². The number of hydrogen-bond donors (Lipinski definition) is 0. The van der Waals surface area contributed by atoms with Gasteiger partial charge >= 0.3 is 5.97 Å². The van der Waals surface area contributed by atoms with E-state index in [1.807, 2.05) is 30.3 Å². The van der Waals surface area contributed by atoms with Crippen molar-refractivity contribution in [1.82, 2.24) is 4.90 Å². The van der Waals surface area contributed by atoms with E-state index in [4.69, 9.17) is 9.47 Å². The van der Waals surface area contributed by atoms with Gasteiger partial charge in [-0.25, -0.2) is 4.79 Å². The van der Waals surface area contributed by atoms with E-state index in [1.165, 1.54) is 4.90 Å². The van der Waals surface area contributed by atoms with Crippen LogP contribution in [0.2, 0.25) is 0 Å². The fraction of sp³-hybridized carbons (Fsp3) is 0.267. The molecule has 6 nitrogen and oxygen atoms in total. The number of carbonyl (C=O) groups excluding carboxylic acids is 3. The Labute approximate surface area is 120 Å². The molecule has 0 N–H and O–H groups in total. The maximum atomic E-state index is 12.2. The van der Waals surface area contributed by atoms with Crippen molar-refractivity contribution in [2.45, 2.75) is 25.3 Å². The SMILES string of the molecule is O=C/C=C1/OC2CC(=O)N2C1C(=O)OCc1ccccc1. The lowest BCUT2D eigenvalue weighted by molar-refractivity contribution is -0.166. The Morgan fingerprint density at radius 2 is 2.14 bits per heavy atom. The molecule has 1 aromatic rings. The van der Waals surface area contributed by atoms with E-state index in [1.54, 1.807) is 0 Å². The van der Waals surface area contributed by atoms with Crippen LogP contribution >= 0.6 is 0 Å². The normalized spacial score (nSPS) is 25.0. The number of rotatable bonds is 4. The van der Waals surface area contributed by atoms with E-state index in [0.717, 1.165) is 11.6 Å². The van der Waals surface area contributed by atoms with E-state index in [9.17, 15) is 14.4 Å². The minimum Gasteiger partial charge on any atom is -0.471 e. The number of benzene rings is 1. The fourth-order valence-electron chi connectivity index (χ4n) is 2.40. The maximum Gasteiger partial charge on any atom is 0.337 e. The van der Waals surface area contributed by atoms with Gasteiger partial charge in [0.05, 0.1) is 6.42 Å². The van der Waals surface area contributed by atoms with Gasteiger partial charge in [0.15, 0.2) is 12.3 Å². The minimum absolute atomic E-state index is 0.108. The topological polar surface area (TPSA) is 72.9 Å². The second-order valence-electron chi connectivity index (χ2n) is 4.78. The first-order valence-corrected chi connectivity index (χ1v) is 6.54. The molecular formula is C15H13NO5. The number of ether oxygens (including phenoxy) is 2. The molecule has 6 heteroatoms. The summed E-state index contributed by atoms with van der Waals surface area (Å²) in [6.45, 7) is 0.108. The lowest BCUT2D eigenvalue weighted by Gasteiger charge is -2.33. The molecule has 2 heterocycles. The lowest BCUT2D eigenvalue weighted by Crippen LogP contribution is -2.55. The molecule has 2 aliphatic heterocycles. The maximum absolute atomic E-state index is 12.2. The molecule has 2 saturated heterocycles. The highest BCUT2D eigenvalue weighted by Crippen LogP contribution is 2.36. The van der Waals surface area contributed by atoms with Gasteiger partial charge in [-0.15, -0.1) is 0 Å². The summed E-state index contributed by atoms with van der Waals surface area (Å²) in [6.07, 6.45) is 1.44. The van der Waals surface area contributed by atoms with Crippen LogP contribution < -0.4 is 0 Å². The number of esters is 1. The van der Waals surface area contributed by atoms with Gasteiger partial charge in [-0.05, 0) is 5.56 Å². The molecule has 1 aromatic carbocycles. The number of allylic oxidation sites excluding steroid dienone is 1. The van der Waals surface area contributed by atoms with Crippen molar-refractivity contribution in [3.8, 4) is 0 Å². The van der Waals surface area contributed by atoms with Gasteiger partial charge in [-0.2, -0.15) is 0 Å². The minimum atomic E-state index is -0.954. The van der Waals surface area contributed by atoms with Crippen LogP contribution in [0.15, 0.2) is 42.2 Å². The molecule has 0 spiro atoms. The quantitative estimate of drug-likeness (QED) is 0.354. The lowest BCUT2D eigenvalue weighted by atomic mass is 10.1. The molecule has 0 aromatic heterocycles. The molecular weight excluding hydrogens is 274 g/mol. The molecule has 1 amide bonds. The van der Waals surface area contributed by atoms with Gasteiger partial charge in [-0.3, -0.25) is 14.5 Å². The number of amides is 1. The van der Waals surface area contributed by atoms with Gasteiger partial charge in [0.1, 0.15) is 18.7 Å². The number of aldehydes is 1. The van der Waals surface area contributed by atoms with E-state index >= 15 is 0 Å². The van der Waals surface area contributed by atoms with Crippen molar-refractivity contribution in [1.29, 1.82) is 0 Å². The average molecular weight is 287 g/mol. The third kappa shape index (κ3) is 2.40. The summed E-state index contributed by atoms with van der Waals surface area (Å²) in [5.74, 6) is -0.614. The summed E-state index contributed by atoms with van der Waals surface area (Å²) in [6, 6.07) is 8.26. The highest BCUT2D eigenvalue weighted by molar-refractivity contribution is 5.92. The molecule has 3 rings (SSSR count). The predicted octanol–water partition coefficient (Wildman–Crippen LogP) is 0.770. The van der Waals surface area contributed by atoms with Gasteiger partial charge in [0.25, 0.3) is 0 Å². The van der Waals surface area contributed by atoms with Gasteiger partial charge < -0.3 is 9.47 Å². The number of hydrogen-bond acceptors (Lipinski definition) is 5. The molecule has 2 fully saturated rings. The van der Waals surface area contributed by atoms with Gasteiger partial charge in [-0.1, -0.05) is 30.3 Å². The molecule has 0 bridgehead atoms. The molecule has 2 aliphatic rings. The van der Waals surface area contributed by atoms with Crippen molar-refractivity contribution in [2.24, 2.45) is 0 Å². The summed E-state index contributed by atoms with van der Waals surface area (Å²) in [5.41, 5.74) is 0.845. The van der Waals surface area contributed by atoms with Crippen molar-refractivity contribution in [2.75, 3.05) is 0 Å². The van der Waals surface area contributed by atoms with Crippen LogP contribution in [0.1, 0.15) is 12.0 Å². The number of β-lactam (4-membered cyclic amide) rings is 1. The summed E-state index contributed by atoms with van der Waals surface area (Å²) in [5, 5.41) is 0. The van der Waals surface area contributed by atoms with Crippen molar-refractivity contribution >= 4 is 18.2 Å². The van der Waals surface area contributed by atoms with Gasteiger partial charge in [0.2, 0.25) is 5.91 Å². The van der Waals surface area contributed by atoms with Crippen LogP contribution in [0.5, 0.6) is 0 Å². The Kier molecular flexibility index (Phi) is 3.43. The number of carbonyl (C=O) groups is 3. The fourth-order valence-corrected chi connectivity index (χ4v) is 2.40. The van der Waals surface area contributed by atoms with Crippen LogP contribution in [0.3, 0.4) is 0 Å². The third-order valence-corrected chi connectivity index (χ3v) is 3.45. The summed E-state index contributed by atoms with van der Waals surface area (Å²) in [7, 11) is 0. The molecule has 0 radical (unpaired) electrons. The van der Waals surface area contributed by atoms with E-state index < -0.39 is 18.2 Å². The van der Waals surface area contributed by atoms with Crippen LogP contribution in [0.4, 0.5) is 0 Å². The Balaban J connectivity index is 1.71. The van der Waals surface area contributed by atoms with Crippen molar-refractivity contribution < 1.29 is 23.9 Å². The van der Waals surface area contributed by atoms with Crippen LogP contribution in [-0.4, -0.2) is 35.3 Å². The standard InChI is InChI=1S/C15H13NO5/c17-7-6-11-14(16-12(18)8-13(16)21-11)15(19)20-9-10-4-2-1-3-5-10/h1-7,13-14H,8-9H2/b11-6+. The molecule has 2 atom stereocenters. The second-order valence-corrected chi connectivity index (χ2v) is 4.78. The zero-order valence-electron chi connectivity index (χ0n) is 11.1. The largest absolute Gasteiger partial charge is 0.471 e. The summed E-state index contributed by atoms with van der Waals surface area (Å²) >= 11 is 0. The molecule has 0 saturated carbocycles. The third-order valence-electron chi connectivity index (χ3n) is 3.45. The first kappa shape index (κ1) is 13.4. The van der Waals surface area contributed by atoms with Crippen molar-refractivity contribution in [3.63, 3.8) is 0 Å². The number of fused-ring (bicyclic) bond motifs is 1. The number of nitrogens with zero attached hydrogens (tertiary/aromatic N) is 1. The van der Waals surface area contributed by atoms with E-state index in [-0.39, 0.29) is 24.7 Å². The van der Waals surface area contributed by atoms with Crippen LogP contribution in [-0.2, 0) is 30.5 Å². The molecule has 2 unspecified atom stereocenters. The Bertz CT molecular complexity index is 610. The average Bonchev–Trinajstić information content (AvgIpc) is 2.79. The molecule has 108 valence electrons. The highest BCUT2D eigenvalue weighted by Gasteiger charge is 2.54. The zero-order valence-corrected chi connectivity index (χ0v) is 11.1. The Morgan fingerprint density at radius 1 is 1.38 bits per heavy atom. The Hall–Kier alpha value is -2.63. The summed E-state index contributed by atoms with van der Waals surface area (Å²) in [4.78, 5) is 35.7. The van der Waals surface area contributed by atoms with Crippen LogP contribution in [0.25, 0.3) is 0 Å². The van der Waals surface area contributed by atoms with E-state index in [0.29, 0.717) is 6.29 Å². The second kappa shape index (κ2) is 5.40. The Morgan fingerprint density at radius 3 is 2.81 bits per heavy atom. The zero-order chi connectivity index (χ0) is 14.8. The smallest absolute Gasteiger partial charge is 0.337 e. The molecule has 0 aliphatic carbocycles. The monoisotopic (exact) mass is 287 g/mol. The predicted molar refractivity (Wildman–Crippen MR) is 70.5 cm³/mol. The highest BCUT2D eigenvalue weighted by atomic mass is 16.6. The first-order valence-electron chi connectivity index (χ1n) is 6.54. The van der Waals surface area contributed by atoms with Crippen molar-refractivity contribution in [3.05, 3.63) is 47.7 Å². The molecule has 21 heavy (non-hydrogen) atoms. The van der Waals surface area contributed by atoms with Crippen LogP contribution in [0, 0.1) is 0 Å².